The van der Waals surface area contributed by atoms with Crippen LogP contribution in [0.3, 0.4) is 0 Å². The molecule has 0 heterocycles. The molecule has 0 amide bonds. The second-order valence-electron chi connectivity index (χ2n) is 3.88. The van der Waals surface area contributed by atoms with Gasteiger partial charge in [0.15, 0.2) is 0 Å². The number of hydrogen-bond donors (Lipinski definition) is 1. The van der Waals surface area contributed by atoms with Gasteiger partial charge in [0.25, 0.3) is 0 Å². The van der Waals surface area contributed by atoms with Crippen LogP contribution < -0.4 is 0 Å². The Kier molecular flexibility index (Phi) is 6.10. The highest BCUT2D eigenvalue weighted by Crippen LogP contribution is 2.26. The van der Waals surface area contributed by atoms with Crippen molar-refractivity contribution in [2.45, 2.75) is 38.7 Å². The second kappa shape index (κ2) is 7.12. The summed E-state index contributed by atoms with van der Waals surface area (Å²) in [6, 6.07) is 0. The van der Waals surface area contributed by atoms with Crippen LogP contribution in [0.2, 0.25) is 0 Å². The Morgan fingerprint density at radius 2 is 2.07 bits per heavy atom. The van der Waals surface area contributed by atoms with E-state index in [-0.39, 0.29) is 5.92 Å². The minimum Gasteiger partial charge on any atom is -0.481 e. The highest BCUT2D eigenvalue weighted by Gasteiger charge is 2.25. The van der Waals surface area contributed by atoms with Gasteiger partial charge >= 0.3 is 5.97 Å². The Morgan fingerprint density at radius 3 is 2.60 bits per heavy atom. The third-order valence-corrected chi connectivity index (χ3v) is 3.67. The van der Waals surface area contributed by atoms with E-state index in [4.69, 9.17) is 9.84 Å². The molecule has 0 saturated heterocycles. The van der Waals surface area contributed by atoms with Crippen molar-refractivity contribution in [3.8, 4) is 0 Å². The zero-order valence-corrected chi connectivity index (χ0v) is 10.1. The molecule has 1 aliphatic carbocycles. The summed E-state index contributed by atoms with van der Waals surface area (Å²) in [5, 5.41) is 8.83. The third kappa shape index (κ3) is 4.89. The predicted octanol–water partition coefficient (Wildman–Crippen LogP) is 2.40. The number of rotatable bonds is 6. The van der Waals surface area contributed by atoms with E-state index in [2.05, 4.69) is 6.92 Å². The van der Waals surface area contributed by atoms with Gasteiger partial charge in [0.05, 0.1) is 18.6 Å². The van der Waals surface area contributed by atoms with Crippen molar-refractivity contribution in [1.29, 1.82) is 0 Å². The molecule has 1 aliphatic rings. The highest BCUT2D eigenvalue weighted by atomic mass is 32.2. The number of carbonyl (C=O) groups is 1. The van der Waals surface area contributed by atoms with Crippen molar-refractivity contribution in [3.63, 3.8) is 0 Å². The topological polar surface area (TPSA) is 46.5 Å². The fourth-order valence-electron chi connectivity index (χ4n) is 1.89. The SMILES string of the molecule is CCSCCOC1CCC(C(=O)O)CC1. The van der Waals surface area contributed by atoms with E-state index in [1.165, 1.54) is 0 Å². The fraction of sp³-hybridized carbons (Fsp3) is 0.909. The number of thioether (sulfide) groups is 1. The molecule has 0 aliphatic heterocycles. The van der Waals surface area contributed by atoms with Crippen LogP contribution in [0.4, 0.5) is 0 Å². The van der Waals surface area contributed by atoms with E-state index in [1.54, 1.807) is 0 Å². The van der Waals surface area contributed by atoms with Gasteiger partial charge in [-0.3, -0.25) is 4.79 Å². The summed E-state index contributed by atoms with van der Waals surface area (Å²) in [6.07, 6.45) is 3.68. The molecular formula is C11H20O3S. The maximum atomic E-state index is 10.7. The number of ether oxygens (including phenoxy) is 1. The predicted molar refractivity (Wildman–Crippen MR) is 62.3 cm³/mol. The van der Waals surface area contributed by atoms with Crippen molar-refractivity contribution >= 4 is 17.7 Å². The molecule has 0 aromatic heterocycles. The molecule has 1 saturated carbocycles. The molecule has 1 N–H and O–H groups in total. The van der Waals surface area contributed by atoms with Gasteiger partial charge in [-0.05, 0) is 31.4 Å². The standard InChI is InChI=1S/C11H20O3S/c1-2-15-8-7-14-10-5-3-9(4-6-10)11(12)13/h9-10H,2-8H2,1H3,(H,12,13). The number of carboxylic acid groups (broad SMARTS) is 1. The second-order valence-corrected chi connectivity index (χ2v) is 5.27. The van der Waals surface area contributed by atoms with E-state index in [1.807, 2.05) is 11.8 Å². The Labute approximate surface area is 95.6 Å². The molecule has 1 rings (SSSR count). The van der Waals surface area contributed by atoms with Gasteiger partial charge in [0, 0.05) is 5.75 Å². The monoisotopic (exact) mass is 232 g/mol. The van der Waals surface area contributed by atoms with Gasteiger partial charge in [-0.1, -0.05) is 6.92 Å². The molecule has 0 atom stereocenters. The first-order valence-electron chi connectivity index (χ1n) is 5.66. The fourth-order valence-corrected chi connectivity index (χ4v) is 2.40. The lowest BCUT2D eigenvalue weighted by Gasteiger charge is -2.26. The maximum absolute atomic E-state index is 10.7. The summed E-state index contributed by atoms with van der Waals surface area (Å²) in [6.45, 7) is 2.95. The van der Waals surface area contributed by atoms with E-state index in [0.29, 0.717) is 6.10 Å². The lowest BCUT2D eigenvalue weighted by molar-refractivity contribution is -0.143. The van der Waals surface area contributed by atoms with Crippen molar-refractivity contribution in [2.24, 2.45) is 5.92 Å². The molecule has 1 fully saturated rings. The molecule has 0 spiro atoms. The molecule has 15 heavy (non-hydrogen) atoms. The summed E-state index contributed by atoms with van der Waals surface area (Å²) in [5.74, 6) is 1.41. The molecule has 88 valence electrons. The average molecular weight is 232 g/mol. The van der Waals surface area contributed by atoms with Crippen LogP contribution in [0.25, 0.3) is 0 Å². The van der Waals surface area contributed by atoms with Gasteiger partial charge in [-0.2, -0.15) is 11.8 Å². The Bertz CT molecular complexity index is 188. The third-order valence-electron chi connectivity index (χ3n) is 2.81. The van der Waals surface area contributed by atoms with E-state index < -0.39 is 5.97 Å². The summed E-state index contributed by atoms with van der Waals surface area (Å²) in [5.41, 5.74) is 0. The first kappa shape index (κ1) is 12.8. The molecule has 0 aromatic rings. The van der Waals surface area contributed by atoms with Crippen LogP contribution in [0.1, 0.15) is 32.6 Å². The van der Waals surface area contributed by atoms with Crippen molar-refractivity contribution in [2.75, 3.05) is 18.1 Å². The molecule has 4 heteroatoms. The molecular weight excluding hydrogens is 212 g/mol. The van der Waals surface area contributed by atoms with Crippen LogP contribution in [-0.2, 0) is 9.53 Å². The van der Waals surface area contributed by atoms with Crippen LogP contribution in [0, 0.1) is 5.92 Å². The van der Waals surface area contributed by atoms with Crippen LogP contribution in [0.15, 0.2) is 0 Å². The molecule has 0 radical (unpaired) electrons. The van der Waals surface area contributed by atoms with Gasteiger partial charge < -0.3 is 9.84 Å². The Morgan fingerprint density at radius 1 is 1.40 bits per heavy atom. The van der Waals surface area contributed by atoms with Crippen LogP contribution >= 0.6 is 11.8 Å². The summed E-state index contributed by atoms with van der Waals surface area (Å²) in [7, 11) is 0. The maximum Gasteiger partial charge on any atom is 0.306 e. The lowest BCUT2D eigenvalue weighted by Crippen LogP contribution is -2.26. The number of aliphatic carboxylic acids is 1. The van der Waals surface area contributed by atoms with Crippen LogP contribution in [-0.4, -0.2) is 35.3 Å². The molecule has 0 unspecified atom stereocenters. The first-order valence-corrected chi connectivity index (χ1v) is 6.81. The van der Waals surface area contributed by atoms with Gasteiger partial charge in [0.1, 0.15) is 0 Å². The zero-order valence-electron chi connectivity index (χ0n) is 9.28. The summed E-state index contributed by atoms with van der Waals surface area (Å²) in [4.78, 5) is 10.7. The summed E-state index contributed by atoms with van der Waals surface area (Å²) >= 11 is 1.88. The molecule has 3 nitrogen and oxygen atoms in total. The van der Waals surface area contributed by atoms with Gasteiger partial charge in [-0.15, -0.1) is 0 Å². The average Bonchev–Trinajstić information content (AvgIpc) is 2.25. The van der Waals surface area contributed by atoms with Gasteiger partial charge in [-0.25, -0.2) is 0 Å². The molecule has 0 aromatic carbocycles. The van der Waals surface area contributed by atoms with E-state index in [0.717, 1.165) is 43.8 Å². The van der Waals surface area contributed by atoms with Crippen molar-refractivity contribution in [3.05, 3.63) is 0 Å². The minimum atomic E-state index is -0.644. The molecule has 0 bridgehead atoms. The minimum absolute atomic E-state index is 0.130. The highest BCUT2D eigenvalue weighted by molar-refractivity contribution is 7.99. The van der Waals surface area contributed by atoms with Gasteiger partial charge in [0.2, 0.25) is 0 Å². The van der Waals surface area contributed by atoms with Crippen LogP contribution in [0.5, 0.6) is 0 Å². The summed E-state index contributed by atoms with van der Waals surface area (Å²) < 4.78 is 5.70. The van der Waals surface area contributed by atoms with Crippen molar-refractivity contribution < 1.29 is 14.6 Å². The largest absolute Gasteiger partial charge is 0.481 e. The number of carboxylic acids is 1. The van der Waals surface area contributed by atoms with E-state index >= 15 is 0 Å². The normalized spacial score (nSPS) is 26.5. The number of hydrogen-bond acceptors (Lipinski definition) is 3. The lowest BCUT2D eigenvalue weighted by atomic mass is 9.87. The van der Waals surface area contributed by atoms with Crippen molar-refractivity contribution in [1.82, 2.24) is 0 Å². The first-order chi connectivity index (χ1) is 7.24. The smallest absolute Gasteiger partial charge is 0.306 e. The quantitative estimate of drug-likeness (QED) is 0.714. The zero-order chi connectivity index (χ0) is 11.1. The Hall–Kier alpha value is -0.220. The van der Waals surface area contributed by atoms with E-state index in [9.17, 15) is 4.79 Å². The Balaban J connectivity index is 2.07.